The van der Waals surface area contributed by atoms with Gasteiger partial charge < -0.3 is 15.2 Å². The molecule has 0 aliphatic carbocycles. The van der Waals surface area contributed by atoms with Crippen LogP contribution in [0.3, 0.4) is 0 Å². The summed E-state index contributed by atoms with van der Waals surface area (Å²) >= 11 is 11.9. The van der Waals surface area contributed by atoms with Gasteiger partial charge in [-0.1, -0.05) is 24.3 Å². The van der Waals surface area contributed by atoms with Crippen LogP contribution >= 0.6 is 23.2 Å². The summed E-state index contributed by atoms with van der Waals surface area (Å²) in [4.78, 5) is 13.4. The molecule has 2 aromatic carbocycles. The summed E-state index contributed by atoms with van der Waals surface area (Å²) in [5.74, 6) is 0.225. The van der Waals surface area contributed by atoms with Crippen LogP contribution in [0.5, 0.6) is 11.8 Å². The maximum atomic E-state index is 10.1. The number of nitrogens with one attached hydrogen (secondary N) is 1. The van der Waals surface area contributed by atoms with Gasteiger partial charge in [-0.3, -0.25) is 0 Å². The van der Waals surface area contributed by atoms with Crippen LogP contribution in [0.4, 0.5) is 11.6 Å². The standard InChI is InChI=1S/C18H13Cl2N7O2/c1-2-7-29-18-23-16(20)22-17(24-18)21-11-4-5-12-13(9-11)26-27(25-12)14-8-10(19)3-6-15(14)28/h2-6,8-9,28H,1,7H2,(H,21,22,23,24). The van der Waals surface area contributed by atoms with Gasteiger partial charge >= 0.3 is 6.01 Å². The first-order valence-corrected chi connectivity index (χ1v) is 9.06. The average Bonchev–Trinajstić information content (AvgIpc) is 3.11. The Morgan fingerprint density at radius 3 is 2.72 bits per heavy atom. The van der Waals surface area contributed by atoms with Crippen molar-refractivity contribution in [2.24, 2.45) is 0 Å². The van der Waals surface area contributed by atoms with Gasteiger partial charge in [0, 0.05) is 10.7 Å². The number of benzene rings is 2. The molecule has 0 fully saturated rings. The van der Waals surface area contributed by atoms with E-state index in [2.05, 4.69) is 37.0 Å². The monoisotopic (exact) mass is 429 g/mol. The van der Waals surface area contributed by atoms with Gasteiger partial charge in [0.1, 0.15) is 29.1 Å². The van der Waals surface area contributed by atoms with E-state index in [-0.39, 0.29) is 29.6 Å². The van der Waals surface area contributed by atoms with E-state index in [4.69, 9.17) is 27.9 Å². The minimum absolute atomic E-state index is 0.00924. The van der Waals surface area contributed by atoms with Crippen molar-refractivity contribution in [1.82, 2.24) is 29.9 Å². The molecule has 2 heterocycles. The topological polar surface area (TPSA) is 111 Å². The Bertz CT molecular complexity index is 1210. The van der Waals surface area contributed by atoms with E-state index >= 15 is 0 Å². The molecule has 0 unspecified atom stereocenters. The van der Waals surface area contributed by atoms with Gasteiger partial charge in [-0.15, -0.1) is 15.0 Å². The quantitative estimate of drug-likeness (QED) is 0.443. The van der Waals surface area contributed by atoms with Crippen LogP contribution in [0.2, 0.25) is 10.3 Å². The van der Waals surface area contributed by atoms with Crippen LogP contribution in [-0.2, 0) is 0 Å². The molecule has 0 saturated heterocycles. The SMILES string of the molecule is C=CCOc1nc(Cl)nc(Nc2ccc3nn(-c4cc(Cl)ccc4O)nc3c2)n1. The Hall–Kier alpha value is -3.43. The fourth-order valence-electron chi connectivity index (χ4n) is 2.47. The van der Waals surface area contributed by atoms with Gasteiger partial charge in [0.15, 0.2) is 0 Å². The zero-order chi connectivity index (χ0) is 20.4. The Kier molecular flexibility index (Phi) is 5.15. The highest BCUT2D eigenvalue weighted by atomic mass is 35.5. The third-order valence-corrected chi connectivity index (χ3v) is 4.11. The summed E-state index contributed by atoms with van der Waals surface area (Å²) in [5.41, 5.74) is 2.23. The smallest absolute Gasteiger partial charge is 0.322 e. The number of hydrogen-bond donors (Lipinski definition) is 2. The number of phenols is 1. The molecule has 0 amide bonds. The molecule has 4 aromatic rings. The third-order valence-electron chi connectivity index (χ3n) is 3.71. The molecule has 9 nitrogen and oxygen atoms in total. The Morgan fingerprint density at radius 1 is 1.07 bits per heavy atom. The van der Waals surface area contributed by atoms with Gasteiger partial charge in [-0.2, -0.15) is 15.0 Å². The van der Waals surface area contributed by atoms with Crippen LogP contribution in [0.25, 0.3) is 16.7 Å². The van der Waals surface area contributed by atoms with Gasteiger partial charge in [-0.05, 0) is 48.0 Å². The van der Waals surface area contributed by atoms with Crippen LogP contribution in [0.15, 0.2) is 49.1 Å². The van der Waals surface area contributed by atoms with Crippen molar-refractivity contribution < 1.29 is 9.84 Å². The van der Waals surface area contributed by atoms with Crippen molar-refractivity contribution in [3.8, 4) is 17.4 Å². The van der Waals surface area contributed by atoms with Crippen molar-refractivity contribution >= 4 is 45.9 Å². The molecule has 29 heavy (non-hydrogen) atoms. The van der Waals surface area contributed by atoms with Crippen molar-refractivity contribution in [3.63, 3.8) is 0 Å². The van der Waals surface area contributed by atoms with E-state index in [1.54, 1.807) is 36.4 Å². The second kappa shape index (κ2) is 7.90. The Balaban J connectivity index is 1.64. The molecule has 0 aliphatic heterocycles. The number of aromatic nitrogens is 6. The molecule has 2 aromatic heterocycles. The van der Waals surface area contributed by atoms with Crippen molar-refractivity contribution in [3.05, 3.63) is 59.4 Å². The molecule has 4 rings (SSSR count). The number of nitrogens with zero attached hydrogens (tertiary/aromatic N) is 6. The van der Waals surface area contributed by atoms with Gasteiger partial charge in [0.25, 0.3) is 0 Å². The van der Waals surface area contributed by atoms with E-state index < -0.39 is 0 Å². The van der Waals surface area contributed by atoms with Crippen molar-refractivity contribution in [2.75, 3.05) is 11.9 Å². The number of hydrogen-bond acceptors (Lipinski definition) is 8. The molecule has 0 atom stereocenters. The number of anilines is 2. The summed E-state index contributed by atoms with van der Waals surface area (Å²) in [6.45, 7) is 3.81. The number of phenolic OH excluding ortho intramolecular Hbond substituents is 1. The normalized spacial score (nSPS) is 10.8. The Morgan fingerprint density at radius 2 is 1.90 bits per heavy atom. The predicted molar refractivity (Wildman–Crippen MR) is 109 cm³/mol. The fraction of sp³-hybridized carbons (Fsp3) is 0.0556. The molecule has 146 valence electrons. The van der Waals surface area contributed by atoms with Crippen LogP contribution in [-0.4, -0.2) is 41.7 Å². The first-order chi connectivity index (χ1) is 14.0. The van der Waals surface area contributed by atoms with Gasteiger partial charge in [0.2, 0.25) is 11.2 Å². The van der Waals surface area contributed by atoms with E-state index in [1.165, 1.54) is 10.9 Å². The minimum atomic E-state index is -0.00924. The van der Waals surface area contributed by atoms with E-state index in [0.29, 0.717) is 27.4 Å². The van der Waals surface area contributed by atoms with Crippen LogP contribution in [0, 0.1) is 0 Å². The average molecular weight is 430 g/mol. The Labute approximate surface area is 174 Å². The summed E-state index contributed by atoms with van der Waals surface area (Å²) in [5, 5.41) is 22.3. The highest BCUT2D eigenvalue weighted by molar-refractivity contribution is 6.30. The molecule has 0 saturated carbocycles. The zero-order valence-electron chi connectivity index (χ0n) is 14.8. The van der Waals surface area contributed by atoms with Crippen molar-refractivity contribution in [1.29, 1.82) is 0 Å². The lowest BCUT2D eigenvalue weighted by Gasteiger charge is -2.06. The third kappa shape index (κ3) is 4.20. The second-order valence-electron chi connectivity index (χ2n) is 5.76. The lowest BCUT2D eigenvalue weighted by molar-refractivity contribution is 0.332. The lowest BCUT2D eigenvalue weighted by atomic mass is 10.3. The molecule has 0 bridgehead atoms. The number of fused-ring (bicyclic) bond motifs is 1. The number of rotatable bonds is 6. The van der Waals surface area contributed by atoms with E-state index in [1.807, 2.05) is 0 Å². The largest absolute Gasteiger partial charge is 0.506 e. The summed E-state index contributed by atoms with van der Waals surface area (Å²) in [6, 6.07) is 10.0. The number of aromatic hydroxyl groups is 1. The molecule has 0 spiro atoms. The minimum Gasteiger partial charge on any atom is -0.506 e. The maximum Gasteiger partial charge on any atom is 0.322 e. The highest BCUT2D eigenvalue weighted by Crippen LogP contribution is 2.26. The van der Waals surface area contributed by atoms with Crippen LogP contribution < -0.4 is 10.1 Å². The molecular weight excluding hydrogens is 417 g/mol. The molecule has 2 N–H and O–H groups in total. The van der Waals surface area contributed by atoms with Crippen LogP contribution in [0.1, 0.15) is 0 Å². The molecule has 0 radical (unpaired) electrons. The number of halogens is 2. The maximum absolute atomic E-state index is 10.1. The lowest BCUT2D eigenvalue weighted by Crippen LogP contribution is -2.04. The van der Waals surface area contributed by atoms with Gasteiger partial charge in [-0.25, -0.2) is 0 Å². The van der Waals surface area contributed by atoms with E-state index in [0.717, 1.165) is 0 Å². The molecule has 0 aliphatic rings. The number of ether oxygens (including phenoxy) is 1. The second-order valence-corrected chi connectivity index (χ2v) is 6.54. The highest BCUT2D eigenvalue weighted by Gasteiger charge is 2.11. The predicted octanol–water partition coefficient (Wildman–Crippen LogP) is 3.93. The van der Waals surface area contributed by atoms with E-state index in [9.17, 15) is 5.11 Å². The summed E-state index contributed by atoms with van der Waals surface area (Å²) in [7, 11) is 0. The molecular formula is C18H13Cl2N7O2. The summed E-state index contributed by atoms with van der Waals surface area (Å²) in [6.07, 6.45) is 1.57. The van der Waals surface area contributed by atoms with Crippen molar-refractivity contribution in [2.45, 2.75) is 0 Å². The molecule has 11 heteroatoms. The first-order valence-electron chi connectivity index (χ1n) is 8.30. The fourth-order valence-corrected chi connectivity index (χ4v) is 2.79. The summed E-state index contributed by atoms with van der Waals surface area (Å²) < 4.78 is 5.29. The van der Waals surface area contributed by atoms with Gasteiger partial charge in [0.05, 0.1) is 0 Å². The first kappa shape index (κ1) is 18.9. The zero-order valence-corrected chi connectivity index (χ0v) is 16.3.